The largest absolute Gasteiger partial charge is 0.508 e. The number of carbonyl (C=O) groups excluding carboxylic acids is 1. The Bertz CT molecular complexity index is 1080. The Morgan fingerprint density at radius 3 is 2.76 bits per heavy atom. The third-order valence-corrected chi connectivity index (χ3v) is 7.87. The van der Waals surface area contributed by atoms with E-state index in [0.717, 1.165) is 23.9 Å². The van der Waals surface area contributed by atoms with Crippen molar-refractivity contribution in [3.8, 4) is 5.75 Å². The van der Waals surface area contributed by atoms with E-state index in [2.05, 4.69) is 4.90 Å². The van der Waals surface area contributed by atoms with Gasteiger partial charge in [-0.15, -0.1) is 0 Å². The van der Waals surface area contributed by atoms with E-state index >= 15 is 0 Å². The molecule has 2 fully saturated rings. The van der Waals surface area contributed by atoms with Crippen LogP contribution in [0.2, 0.25) is 0 Å². The van der Waals surface area contributed by atoms with Crippen LogP contribution in [0.25, 0.3) is 11.0 Å². The first-order valence-corrected chi connectivity index (χ1v) is 12.7. The highest BCUT2D eigenvalue weighted by atomic mass is 16.5. The van der Waals surface area contributed by atoms with Crippen LogP contribution in [0, 0.1) is 19.8 Å². The summed E-state index contributed by atoms with van der Waals surface area (Å²) in [6.07, 6.45) is 6.74. The van der Waals surface area contributed by atoms with Crippen LogP contribution in [0.3, 0.4) is 0 Å². The Morgan fingerprint density at radius 1 is 1.18 bits per heavy atom. The van der Waals surface area contributed by atoms with E-state index < -0.39 is 5.63 Å². The van der Waals surface area contributed by atoms with E-state index in [1.165, 1.54) is 38.8 Å². The van der Waals surface area contributed by atoms with Gasteiger partial charge in [0.2, 0.25) is 5.91 Å². The maximum absolute atomic E-state index is 13.3. The Balaban J connectivity index is 1.48. The van der Waals surface area contributed by atoms with E-state index in [4.69, 9.17) is 9.15 Å². The number of methoxy groups -OCH3 is 1. The van der Waals surface area contributed by atoms with Gasteiger partial charge < -0.3 is 24.1 Å². The molecule has 0 spiro atoms. The number of rotatable bonds is 8. The molecule has 0 aliphatic carbocycles. The van der Waals surface area contributed by atoms with Crippen molar-refractivity contribution in [2.45, 2.75) is 64.8 Å². The number of ether oxygens (including phenoxy) is 1. The molecule has 4 rings (SSSR count). The fourth-order valence-corrected chi connectivity index (χ4v) is 5.85. The maximum Gasteiger partial charge on any atom is 0.339 e. The number of benzene rings is 1. The molecule has 1 aromatic heterocycles. The highest BCUT2D eigenvalue weighted by Crippen LogP contribution is 2.32. The lowest BCUT2D eigenvalue weighted by Gasteiger charge is -2.45. The van der Waals surface area contributed by atoms with Crippen molar-refractivity contribution in [3.63, 3.8) is 0 Å². The molecule has 1 amide bonds. The highest BCUT2D eigenvalue weighted by Gasteiger charge is 2.34. The van der Waals surface area contributed by atoms with Crippen LogP contribution in [0.15, 0.2) is 21.3 Å². The number of nitrogens with zero attached hydrogens (tertiary/aromatic N) is 2. The second kappa shape index (κ2) is 10.9. The molecule has 1 aromatic carbocycles. The van der Waals surface area contributed by atoms with Crippen molar-refractivity contribution in [2.75, 3.05) is 39.9 Å². The van der Waals surface area contributed by atoms with Gasteiger partial charge in [-0.05, 0) is 82.7 Å². The average molecular weight is 471 g/mol. The summed E-state index contributed by atoms with van der Waals surface area (Å²) < 4.78 is 10.9. The molecule has 2 saturated heterocycles. The van der Waals surface area contributed by atoms with Crippen LogP contribution in [0.4, 0.5) is 0 Å². The summed E-state index contributed by atoms with van der Waals surface area (Å²) in [6, 6.07) is 3.96. The number of fused-ring (bicyclic) bond motifs is 2. The first kappa shape index (κ1) is 24.7. The molecule has 0 radical (unpaired) electrons. The van der Waals surface area contributed by atoms with Gasteiger partial charge in [-0.3, -0.25) is 4.79 Å². The molecule has 2 aromatic rings. The lowest BCUT2D eigenvalue weighted by Crippen LogP contribution is -2.52. The Kier molecular flexibility index (Phi) is 7.94. The van der Waals surface area contributed by atoms with Crippen molar-refractivity contribution >= 4 is 16.9 Å². The van der Waals surface area contributed by atoms with Gasteiger partial charge in [0.1, 0.15) is 11.3 Å². The normalized spacial score (nSPS) is 20.9. The molecule has 186 valence electrons. The third kappa shape index (κ3) is 5.15. The van der Waals surface area contributed by atoms with Gasteiger partial charge in [-0.2, -0.15) is 0 Å². The molecular weight excluding hydrogens is 432 g/mol. The molecular formula is C27H38N2O5. The Hall–Kier alpha value is -2.38. The summed E-state index contributed by atoms with van der Waals surface area (Å²) in [5.74, 6) is 0.662. The number of amides is 1. The van der Waals surface area contributed by atoms with Gasteiger partial charge in [0, 0.05) is 49.2 Å². The van der Waals surface area contributed by atoms with Crippen molar-refractivity contribution in [1.29, 1.82) is 0 Å². The van der Waals surface area contributed by atoms with E-state index in [1.807, 2.05) is 11.8 Å². The molecule has 0 unspecified atom stereocenters. The number of hydrogen-bond donors (Lipinski definition) is 1. The number of phenols is 1. The molecule has 2 aliphatic rings. The van der Waals surface area contributed by atoms with E-state index in [1.54, 1.807) is 26.2 Å². The summed E-state index contributed by atoms with van der Waals surface area (Å²) in [5.41, 5.74) is 1.88. The van der Waals surface area contributed by atoms with Crippen LogP contribution in [-0.4, -0.2) is 66.8 Å². The molecule has 34 heavy (non-hydrogen) atoms. The maximum atomic E-state index is 13.3. The van der Waals surface area contributed by atoms with Crippen LogP contribution < -0.4 is 5.63 Å². The monoisotopic (exact) mass is 470 g/mol. The minimum Gasteiger partial charge on any atom is -0.508 e. The fraction of sp³-hybridized carbons (Fsp3) is 0.630. The Labute approximate surface area is 201 Å². The minimum absolute atomic E-state index is 0.0609. The zero-order chi connectivity index (χ0) is 24.2. The van der Waals surface area contributed by atoms with Gasteiger partial charge in [-0.25, -0.2) is 4.79 Å². The SMILES string of the molecule is COCCN(C[C@H]1CCCN2CCCC[C@@H]12)C(=O)CCc1c(C)c2ccc(O)c(C)c2oc1=O. The zero-order valence-electron chi connectivity index (χ0n) is 20.8. The molecule has 7 heteroatoms. The number of carbonyl (C=O) groups is 1. The summed E-state index contributed by atoms with van der Waals surface area (Å²) >= 11 is 0. The van der Waals surface area contributed by atoms with Crippen molar-refractivity contribution in [1.82, 2.24) is 9.80 Å². The number of piperidine rings is 2. The number of aromatic hydroxyl groups is 1. The van der Waals surface area contributed by atoms with Crippen LogP contribution in [-0.2, 0) is 16.0 Å². The number of phenolic OH excluding ortho intramolecular Hbond substituents is 1. The lowest BCUT2D eigenvalue weighted by molar-refractivity contribution is -0.133. The van der Waals surface area contributed by atoms with Gasteiger partial charge in [-0.1, -0.05) is 6.42 Å². The average Bonchev–Trinajstić information content (AvgIpc) is 2.84. The van der Waals surface area contributed by atoms with Crippen molar-refractivity contribution in [2.24, 2.45) is 5.92 Å². The Morgan fingerprint density at radius 2 is 1.97 bits per heavy atom. The summed E-state index contributed by atoms with van der Waals surface area (Å²) in [7, 11) is 1.66. The molecule has 3 heterocycles. The first-order chi connectivity index (χ1) is 16.4. The second-order valence-corrected chi connectivity index (χ2v) is 9.91. The molecule has 0 bridgehead atoms. The van der Waals surface area contributed by atoms with Crippen molar-refractivity contribution < 1.29 is 19.1 Å². The molecule has 2 aliphatic heterocycles. The smallest absolute Gasteiger partial charge is 0.339 e. The predicted molar refractivity (Wildman–Crippen MR) is 132 cm³/mol. The topological polar surface area (TPSA) is 83.2 Å². The molecule has 1 N–H and O–H groups in total. The van der Waals surface area contributed by atoms with Gasteiger partial charge in [0.05, 0.1) is 6.61 Å². The van der Waals surface area contributed by atoms with Crippen LogP contribution in [0.5, 0.6) is 5.75 Å². The quantitative estimate of drug-likeness (QED) is 0.591. The lowest BCUT2D eigenvalue weighted by atomic mass is 9.83. The second-order valence-electron chi connectivity index (χ2n) is 9.91. The van der Waals surface area contributed by atoms with Gasteiger partial charge in [0.15, 0.2) is 0 Å². The highest BCUT2D eigenvalue weighted by molar-refractivity contribution is 5.85. The van der Waals surface area contributed by atoms with E-state index in [9.17, 15) is 14.7 Å². The van der Waals surface area contributed by atoms with E-state index in [0.29, 0.717) is 48.2 Å². The third-order valence-electron chi connectivity index (χ3n) is 7.87. The first-order valence-electron chi connectivity index (χ1n) is 12.7. The zero-order valence-corrected chi connectivity index (χ0v) is 20.8. The number of hydrogen-bond acceptors (Lipinski definition) is 6. The molecule has 0 saturated carbocycles. The van der Waals surface area contributed by atoms with Crippen molar-refractivity contribution in [3.05, 3.63) is 39.2 Å². The molecule has 2 atom stereocenters. The van der Waals surface area contributed by atoms with Crippen LogP contribution >= 0.6 is 0 Å². The summed E-state index contributed by atoms with van der Waals surface area (Å²) in [5, 5.41) is 10.8. The standard InChI is InChI=1S/C27H38N2O5/c1-18-21-9-11-24(30)19(2)26(21)34-27(32)22(18)10-12-25(31)29(15-16-33-3)17-20-7-6-14-28-13-5-4-8-23(20)28/h9,11,20,23,30H,4-8,10,12-17H2,1-3H3/t20-,23+/m1/s1. The van der Waals surface area contributed by atoms with E-state index in [-0.39, 0.29) is 18.1 Å². The fourth-order valence-electron chi connectivity index (χ4n) is 5.85. The van der Waals surface area contributed by atoms with Gasteiger partial charge >= 0.3 is 5.63 Å². The predicted octanol–water partition coefficient (Wildman–Crippen LogP) is 3.79. The number of aryl methyl sites for hydroxylation is 2. The summed E-state index contributed by atoms with van der Waals surface area (Å²) in [4.78, 5) is 30.7. The molecule has 7 nitrogen and oxygen atoms in total. The minimum atomic E-state index is -0.430. The van der Waals surface area contributed by atoms with Gasteiger partial charge in [0.25, 0.3) is 0 Å². The summed E-state index contributed by atoms with van der Waals surface area (Å²) in [6.45, 7) is 7.82. The van der Waals surface area contributed by atoms with Crippen LogP contribution in [0.1, 0.15) is 55.2 Å².